The highest BCUT2D eigenvalue weighted by molar-refractivity contribution is 8.01. The van der Waals surface area contributed by atoms with Gasteiger partial charge in [0.1, 0.15) is 16.8 Å². The number of nitrogens with one attached hydrogen (secondary N) is 2. The minimum Gasteiger partial charge on any atom is -0.455 e. The first-order valence-corrected chi connectivity index (χ1v) is 10.1. The summed E-state index contributed by atoms with van der Waals surface area (Å²) in [6.45, 7) is 0.877. The van der Waals surface area contributed by atoms with E-state index >= 15 is 0 Å². The van der Waals surface area contributed by atoms with E-state index in [1.807, 2.05) is 0 Å². The van der Waals surface area contributed by atoms with E-state index in [-0.39, 0.29) is 11.4 Å². The van der Waals surface area contributed by atoms with Gasteiger partial charge in [0.15, 0.2) is 6.61 Å². The van der Waals surface area contributed by atoms with Gasteiger partial charge < -0.3 is 20.1 Å². The number of carbonyl (C=O) groups excluding carboxylic acids is 3. The lowest BCUT2D eigenvalue weighted by Gasteiger charge is -2.12. The van der Waals surface area contributed by atoms with E-state index in [9.17, 15) is 31.9 Å². The fourth-order valence-electron chi connectivity index (χ4n) is 2.19. The molecule has 0 aromatic heterocycles. The van der Waals surface area contributed by atoms with Crippen LogP contribution in [0.25, 0.3) is 0 Å². The van der Waals surface area contributed by atoms with E-state index in [2.05, 4.69) is 15.4 Å². The standard InChI is InChI=1S/C20H18F4N2O5S/c1-12(32-11-18(28)26-14-4-2-13(21)3-5-14)19(29)30-10-17(27)25-15-6-8-16(9-7-15)31-20(22,23)24/h2-9,12H,10-11H2,1H3,(H,25,27)(H,26,28). The number of anilines is 2. The quantitative estimate of drug-likeness (QED) is 0.422. The van der Waals surface area contributed by atoms with Gasteiger partial charge in [-0.3, -0.25) is 14.4 Å². The van der Waals surface area contributed by atoms with Gasteiger partial charge in [-0.25, -0.2) is 4.39 Å². The van der Waals surface area contributed by atoms with Gasteiger partial charge in [0.05, 0.1) is 5.75 Å². The molecule has 0 bridgehead atoms. The number of ether oxygens (including phenoxy) is 2. The summed E-state index contributed by atoms with van der Waals surface area (Å²) in [6.07, 6.45) is -4.82. The highest BCUT2D eigenvalue weighted by Gasteiger charge is 2.31. The van der Waals surface area contributed by atoms with Crippen LogP contribution in [0.1, 0.15) is 6.92 Å². The first-order valence-electron chi connectivity index (χ1n) is 9.01. The summed E-state index contributed by atoms with van der Waals surface area (Å²) in [5, 5.41) is 4.15. The Hall–Kier alpha value is -3.28. The molecule has 7 nitrogen and oxygen atoms in total. The molecule has 12 heteroatoms. The van der Waals surface area contributed by atoms with Crippen molar-refractivity contribution in [1.82, 2.24) is 0 Å². The summed E-state index contributed by atoms with van der Waals surface area (Å²) in [5.74, 6) is -2.80. The van der Waals surface area contributed by atoms with Crippen molar-refractivity contribution in [2.45, 2.75) is 18.5 Å². The highest BCUT2D eigenvalue weighted by atomic mass is 32.2. The fraction of sp³-hybridized carbons (Fsp3) is 0.250. The molecule has 0 fully saturated rings. The molecule has 1 atom stereocenters. The third-order valence-electron chi connectivity index (χ3n) is 3.64. The molecule has 0 saturated heterocycles. The normalized spacial score (nSPS) is 11.9. The molecule has 32 heavy (non-hydrogen) atoms. The number of esters is 1. The highest BCUT2D eigenvalue weighted by Crippen LogP contribution is 2.24. The van der Waals surface area contributed by atoms with E-state index in [1.165, 1.54) is 43.3 Å². The summed E-state index contributed by atoms with van der Waals surface area (Å²) in [5.41, 5.74) is 0.586. The van der Waals surface area contributed by atoms with Crippen molar-refractivity contribution in [3.8, 4) is 5.75 Å². The second kappa shape index (κ2) is 11.4. The molecule has 0 aliphatic carbocycles. The average Bonchev–Trinajstić information content (AvgIpc) is 2.72. The van der Waals surface area contributed by atoms with E-state index in [0.29, 0.717) is 5.69 Å². The second-order valence-electron chi connectivity index (χ2n) is 6.24. The molecule has 172 valence electrons. The van der Waals surface area contributed by atoms with Crippen LogP contribution in [0.3, 0.4) is 0 Å². The molecule has 0 radical (unpaired) electrons. The van der Waals surface area contributed by atoms with Gasteiger partial charge in [-0.05, 0) is 55.5 Å². The van der Waals surface area contributed by atoms with Gasteiger partial charge in [0.2, 0.25) is 5.91 Å². The summed E-state index contributed by atoms with van der Waals surface area (Å²) in [7, 11) is 0. The summed E-state index contributed by atoms with van der Waals surface area (Å²) >= 11 is 0.979. The van der Waals surface area contributed by atoms with Crippen LogP contribution in [0.4, 0.5) is 28.9 Å². The van der Waals surface area contributed by atoms with Crippen molar-refractivity contribution >= 4 is 40.9 Å². The maximum atomic E-state index is 12.8. The van der Waals surface area contributed by atoms with Crippen LogP contribution in [-0.4, -0.2) is 41.8 Å². The molecule has 2 aromatic rings. The zero-order valence-electron chi connectivity index (χ0n) is 16.6. The Morgan fingerprint density at radius 2 is 1.47 bits per heavy atom. The molecule has 0 heterocycles. The number of hydrogen-bond donors (Lipinski definition) is 2. The maximum Gasteiger partial charge on any atom is 0.573 e. The molecule has 0 saturated carbocycles. The molecule has 0 aliphatic heterocycles. The Kier molecular flexibility index (Phi) is 8.88. The maximum absolute atomic E-state index is 12.8. The number of benzene rings is 2. The van der Waals surface area contributed by atoms with Crippen LogP contribution in [0.2, 0.25) is 0 Å². The Morgan fingerprint density at radius 3 is 2.03 bits per heavy atom. The molecule has 2 rings (SSSR count). The molecule has 0 aliphatic rings. The Labute approximate surface area is 184 Å². The number of thioether (sulfide) groups is 1. The average molecular weight is 474 g/mol. The monoisotopic (exact) mass is 474 g/mol. The molecule has 1 unspecified atom stereocenters. The van der Waals surface area contributed by atoms with Crippen LogP contribution in [-0.2, 0) is 19.1 Å². The van der Waals surface area contributed by atoms with Gasteiger partial charge in [-0.2, -0.15) is 0 Å². The van der Waals surface area contributed by atoms with E-state index < -0.39 is 47.6 Å². The zero-order valence-corrected chi connectivity index (χ0v) is 17.4. The van der Waals surface area contributed by atoms with Crippen LogP contribution in [0.5, 0.6) is 5.75 Å². The number of halogens is 4. The lowest BCUT2D eigenvalue weighted by atomic mass is 10.3. The minimum atomic E-state index is -4.82. The van der Waals surface area contributed by atoms with Crippen molar-refractivity contribution in [2.24, 2.45) is 0 Å². The number of carbonyl (C=O) groups is 3. The third-order valence-corrected chi connectivity index (χ3v) is 4.76. The molecule has 2 aromatic carbocycles. The van der Waals surface area contributed by atoms with Crippen molar-refractivity contribution in [2.75, 3.05) is 23.0 Å². The smallest absolute Gasteiger partial charge is 0.455 e. The van der Waals surface area contributed by atoms with Gasteiger partial charge >= 0.3 is 12.3 Å². The third kappa shape index (κ3) is 9.25. The number of hydrogen-bond acceptors (Lipinski definition) is 6. The Morgan fingerprint density at radius 1 is 0.938 bits per heavy atom. The van der Waals surface area contributed by atoms with Crippen molar-refractivity contribution in [3.63, 3.8) is 0 Å². The van der Waals surface area contributed by atoms with E-state index in [1.54, 1.807) is 0 Å². The molecule has 2 N–H and O–H groups in total. The first kappa shape index (κ1) is 25.0. The van der Waals surface area contributed by atoms with Gasteiger partial charge in [-0.1, -0.05) is 0 Å². The fourth-order valence-corrected chi connectivity index (χ4v) is 2.87. The van der Waals surface area contributed by atoms with Crippen LogP contribution < -0.4 is 15.4 Å². The van der Waals surface area contributed by atoms with Crippen molar-refractivity contribution < 1.29 is 41.4 Å². The van der Waals surface area contributed by atoms with Crippen molar-refractivity contribution in [1.29, 1.82) is 0 Å². The van der Waals surface area contributed by atoms with Crippen LogP contribution >= 0.6 is 11.8 Å². The van der Waals surface area contributed by atoms with Crippen LogP contribution in [0, 0.1) is 5.82 Å². The first-order chi connectivity index (χ1) is 15.0. The predicted octanol–water partition coefficient (Wildman–Crippen LogP) is 3.97. The lowest BCUT2D eigenvalue weighted by Crippen LogP contribution is -2.26. The van der Waals surface area contributed by atoms with Gasteiger partial charge in [0.25, 0.3) is 5.91 Å². The molecule has 2 amide bonds. The number of alkyl halides is 3. The molecular weight excluding hydrogens is 456 g/mol. The summed E-state index contributed by atoms with van der Waals surface area (Å²) < 4.78 is 57.8. The predicted molar refractivity (Wildman–Crippen MR) is 110 cm³/mol. The van der Waals surface area contributed by atoms with Crippen LogP contribution in [0.15, 0.2) is 48.5 Å². The summed E-state index contributed by atoms with van der Waals surface area (Å²) in [4.78, 5) is 35.7. The largest absolute Gasteiger partial charge is 0.573 e. The Bertz CT molecular complexity index is 937. The van der Waals surface area contributed by atoms with E-state index in [4.69, 9.17) is 4.74 Å². The Balaban J connectivity index is 1.70. The topological polar surface area (TPSA) is 93.7 Å². The lowest BCUT2D eigenvalue weighted by molar-refractivity contribution is -0.274. The second-order valence-corrected chi connectivity index (χ2v) is 7.57. The van der Waals surface area contributed by atoms with Crippen molar-refractivity contribution in [3.05, 3.63) is 54.3 Å². The van der Waals surface area contributed by atoms with E-state index in [0.717, 1.165) is 23.9 Å². The van der Waals surface area contributed by atoms with Gasteiger partial charge in [0, 0.05) is 11.4 Å². The SMILES string of the molecule is CC(SCC(=O)Nc1ccc(F)cc1)C(=O)OCC(=O)Nc1ccc(OC(F)(F)F)cc1. The zero-order chi connectivity index (χ0) is 23.7. The molecular formula is C20H18F4N2O5S. The number of rotatable bonds is 9. The summed E-state index contributed by atoms with van der Waals surface area (Å²) in [6, 6.07) is 9.60. The van der Waals surface area contributed by atoms with Gasteiger partial charge in [-0.15, -0.1) is 24.9 Å². The number of amides is 2. The minimum absolute atomic E-state index is 0.0772. The molecule has 0 spiro atoms.